The van der Waals surface area contributed by atoms with Crippen molar-refractivity contribution in [1.82, 2.24) is 4.90 Å². The molecule has 1 aliphatic heterocycles. The smallest absolute Gasteiger partial charge is 0.232 e. The third-order valence-electron chi connectivity index (χ3n) is 4.42. The molecule has 94 valence electrons. The molecular formula is C15H17NO2. The summed E-state index contributed by atoms with van der Waals surface area (Å²) in [5, 5.41) is 0. The van der Waals surface area contributed by atoms with Gasteiger partial charge in [0.1, 0.15) is 0 Å². The fourth-order valence-corrected chi connectivity index (χ4v) is 3.37. The van der Waals surface area contributed by atoms with Gasteiger partial charge in [-0.3, -0.25) is 14.5 Å². The fourth-order valence-electron chi connectivity index (χ4n) is 3.37. The molecule has 0 bridgehead atoms. The zero-order valence-corrected chi connectivity index (χ0v) is 10.5. The van der Waals surface area contributed by atoms with Gasteiger partial charge in [-0.15, -0.1) is 0 Å². The lowest BCUT2D eigenvalue weighted by Gasteiger charge is -2.28. The van der Waals surface area contributed by atoms with Crippen LogP contribution >= 0.6 is 0 Å². The number of amides is 2. The van der Waals surface area contributed by atoms with Crippen LogP contribution in [0.4, 0.5) is 0 Å². The summed E-state index contributed by atoms with van der Waals surface area (Å²) in [5.74, 6) is 0.335. The third kappa shape index (κ3) is 1.65. The largest absolute Gasteiger partial charge is 0.285 e. The van der Waals surface area contributed by atoms with Crippen molar-refractivity contribution in [2.24, 2.45) is 11.8 Å². The highest BCUT2D eigenvalue weighted by Gasteiger charge is 2.48. The first-order valence-corrected chi connectivity index (χ1v) is 6.55. The molecule has 0 N–H and O–H groups in total. The summed E-state index contributed by atoms with van der Waals surface area (Å²) in [4.78, 5) is 25.3. The van der Waals surface area contributed by atoms with E-state index in [0.717, 1.165) is 19.3 Å². The molecule has 0 radical (unpaired) electrons. The van der Waals surface area contributed by atoms with Crippen LogP contribution in [0.5, 0.6) is 0 Å². The maximum absolute atomic E-state index is 12.0. The number of rotatable bonds is 1. The number of imide groups is 1. The molecule has 18 heavy (non-hydrogen) atoms. The molecule has 1 aliphatic carbocycles. The van der Waals surface area contributed by atoms with Crippen LogP contribution in [0.3, 0.4) is 0 Å². The molecule has 3 unspecified atom stereocenters. The van der Waals surface area contributed by atoms with E-state index in [0.29, 0.717) is 5.92 Å². The number of hydrogen-bond acceptors (Lipinski definition) is 2. The van der Waals surface area contributed by atoms with Crippen molar-refractivity contribution < 1.29 is 9.59 Å². The van der Waals surface area contributed by atoms with E-state index in [2.05, 4.69) is 12.1 Å². The highest BCUT2D eigenvalue weighted by atomic mass is 16.2. The second-order valence-corrected chi connectivity index (χ2v) is 5.37. The Kier molecular flexibility index (Phi) is 2.69. The Bertz CT molecular complexity index is 483. The van der Waals surface area contributed by atoms with Crippen molar-refractivity contribution in [3.63, 3.8) is 0 Å². The highest BCUT2D eigenvalue weighted by molar-refractivity contribution is 6.04. The first-order valence-electron chi connectivity index (χ1n) is 6.55. The van der Waals surface area contributed by atoms with Gasteiger partial charge in [-0.2, -0.15) is 0 Å². The standard InChI is InChI=1S/C15H17NO2/c1-16-14(17)12-8-7-11(9-13(12)15(16)18)10-5-3-2-4-6-10/h2-6,11-13H,7-9H2,1H3. The second kappa shape index (κ2) is 4.23. The molecule has 2 fully saturated rings. The number of carbonyl (C=O) groups excluding carboxylic acids is 2. The van der Waals surface area contributed by atoms with Crippen LogP contribution in [0.25, 0.3) is 0 Å². The van der Waals surface area contributed by atoms with E-state index in [4.69, 9.17) is 0 Å². The number of fused-ring (bicyclic) bond motifs is 1. The molecule has 3 nitrogen and oxygen atoms in total. The third-order valence-corrected chi connectivity index (χ3v) is 4.42. The zero-order valence-electron chi connectivity index (χ0n) is 10.5. The van der Waals surface area contributed by atoms with Crippen LogP contribution in [0.2, 0.25) is 0 Å². The average Bonchev–Trinajstić information content (AvgIpc) is 2.65. The lowest BCUT2D eigenvalue weighted by atomic mass is 9.73. The zero-order chi connectivity index (χ0) is 12.7. The minimum atomic E-state index is -0.0820. The lowest BCUT2D eigenvalue weighted by Crippen LogP contribution is -2.26. The summed E-state index contributed by atoms with van der Waals surface area (Å²) >= 11 is 0. The van der Waals surface area contributed by atoms with Gasteiger partial charge >= 0.3 is 0 Å². The van der Waals surface area contributed by atoms with Gasteiger partial charge in [0.15, 0.2) is 0 Å². The Morgan fingerprint density at radius 3 is 2.39 bits per heavy atom. The normalized spacial score (nSPS) is 31.6. The van der Waals surface area contributed by atoms with Crippen LogP contribution in [0.15, 0.2) is 30.3 Å². The van der Waals surface area contributed by atoms with Crippen molar-refractivity contribution in [1.29, 1.82) is 0 Å². The van der Waals surface area contributed by atoms with Gasteiger partial charge in [0.05, 0.1) is 11.8 Å². The van der Waals surface area contributed by atoms with Crippen molar-refractivity contribution in [3.05, 3.63) is 35.9 Å². The maximum atomic E-state index is 12.0. The van der Waals surface area contributed by atoms with Gasteiger partial charge in [-0.25, -0.2) is 0 Å². The maximum Gasteiger partial charge on any atom is 0.232 e. The number of likely N-dealkylation sites (tertiary alicyclic amines) is 1. The summed E-state index contributed by atoms with van der Waals surface area (Å²) in [6.45, 7) is 0. The Labute approximate surface area is 107 Å². The molecule has 2 amide bonds. The van der Waals surface area contributed by atoms with Gasteiger partial charge in [0.25, 0.3) is 0 Å². The Hall–Kier alpha value is -1.64. The van der Waals surface area contributed by atoms with Gasteiger partial charge in [0, 0.05) is 7.05 Å². The number of benzene rings is 1. The number of carbonyl (C=O) groups is 2. The predicted molar refractivity (Wildman–Crippen MR) is 67.8 cm³/mol. The summed E-state index contributed by atoms with van der Waals surface area (Å²) in [6, 6.07) is 10.3. The summed E-state index contributed by atoms with van der Waals surface area (Å²) < 4.78 is 0. The molecule has 1 saturated heterocycles. The fraction of sp³-hybridized carbons (Fsp3) is 0.467. The van der Waals surface area contributed by atoms with E-state index in [-0.39, 0.29) is 23.7 Å². The molecule has 2 aliphatic rings. The van der Waals surface area contributed by atoms with E-state index in [1.54, 1.807) is 7.05 Å². The quantitative estimate of drug-likeness (QED) is 0.709. The molecule has 1 aromatic rings. The molecule has 1 saturated carbocycles. The van der Waals surface area contributed by atoms with Gasteiger partial charge in [0.2, 0.25) is 11.8 Å². The SMILES string of the molecule is CN1C(=O)C2CCC(c3ccccc3)CC2C1=O. The van der Waals surface area contributed by atoms with Crippen molar-refractivity contribution in [3.8, 4) is 0 Å². The molecule has 3 atom stereocenters. The first kappa shape index (κ1) is 11.5. The van der Waals surface area contributed by atoms with Crippen molar-refractivity contribution >= 4 is 11.8 Å². The summed E-state index contributed by atoms with van der Waals surface area (Å²) in [7, 11) is 1.61. The number of hydrogen-bond donors (Lipinski definition) is 0. The summed E-state index contributed by atoms with van der Waals surface area (Å²) in [5.41, 5.74) is 1.30. The van der Waals surface area contributed by atoms with E-state index >= 15 is 0 Å². The topological polar surface area (TPSA) is 37.4 Å². The monoisotopic (exact) mass is 243 g/mol. The minimum absolute atomic E-state index is 0.0191. The van der Waals surface area contributed by atoms with Crippen LogP contribution in [0.1, 0.15) is 30.7 Å². The van der Waals surface area contributed by atoms with Gasteiger partial charge < -0.3 is 0 Å². The summed E-state index contributed by atoms with van der Waals surface area (Å²) in [6.07, 6.45) is 2.68. The molecule has 3 rings (SSSR count). The molecule has 0 spiro atoms. The van der Waals surface area contributed by atoms with Crippen LogP contribution in [-0.2, 0) is 9.59 Å². The lowest BCUT2D eigenvalue weighted by molar-refractivity contribution is -0.138. The van der Waals surface area contributed by atoms with E-state index in [1.165, 1.54) is 10.5 Å². The minimum Gasteiger partial charge on any atom is -0.285 e. The van der Waals surface area contributed by atoms with E-state index in [1.807, 2.05) is 18.2 Å². The molecular weight excluding hydrogens is 226 g/mol. The molecule has 1 heterocycles. The Morgan fingerprint density at radius 2 is 1.67 bits per heavy atom. The van der Waals surface area contributed by atoms with Crippen molar-refractivity contribution in [2.75, 3.05) is 7.05 Å². The average molecular weight is 243 g/mol. The second-order valence-electron chi connectivity index (χ2n) is 5.37. The van der Waals surface area contributed by atoms with E-state index < -0.39 is 0 Å². The number of nitrogens with zero attached hydrogens (tertiary/aromatic N) is 1. The molecule has 1 aromatic carbocycles. The molecule has 0 aromatic heterocycles. The van der Waals surface area contributed by atoms with Gasteiger partial charge in [-0.05, 0) is 30.7 Å². The van der Waals surface area contributed by atoms with Crippen LogP contribution in [-0.4, -0.2) is 23.8 Å². The van der Waals surface area contributed by atoms with Gasteiger partial charge in [-0.1, -0.05) is 30.3 Å². The Morgan fingerprint density at radius 1 is 1.00 bits per heavy atom. The first-order chi connectivity index (χ1) is 8.68. The molecule has 3 heteroatoms. The van der Waals surface area contributed by atoms with Crippen molar-refractivity contribution in [2.45, 2.75) is 25.2 Å². The predicted octanol–water partition coefficient (Wildman–Crippen LogP) is 2.19. The van der Waals surface area contributed by atoms with Crippen LogP contribution < -0.4 is 0 Å². The van der Waals surface area contributed by atoms with Crippen LogP contribution in [0, 0.1) is 11.8 Å². The highest BCUT2D eigenvalue weighted by Crippen LogP contribution is 2.43. The van der Waals surface area contributed by atoms with E-state index in [9.17, 15) is 9.59 Å². The Balaban J connectivity index is 1.82.